The quantitative estimate of drug-likeness (QED) is 0.853. The van der Waals surface area contributed by atoms with E-state index in [-0.39, 0.29) is 5.91 Å². The molecule has 134 valence electrons. The van der Waals surface area contributed by atoms with Crippen molar-refractivity contribution >= 4 is 16.8 Å². The van der Waals surface area contributed by atoms with Crippen molar-refractivity contribution in [3.05, 3.63) is 36.5 Å². The topological polar surface area (TPSA) is 28.5 Å². The van der Waals surface area contributed by atoms with Crippen LogP contribution in [-0.2, 0) is 11.3 Å². The van der Waals surface area contributed by atoms with Crippen molar-refractivity contribution in [2.75, 3.05) is 20.1 Å². The third kappa shape index (κ3) is 3.32. The predicted molar refractivity (Wildman–Crippen MR) is 102 cm³/mol. The molecule has 1 saturated heterocycles. The maximum atomic E-state index is 13.0. The fourth-order valence-corrected chi connectivity index (χ4v) is 4.76. The fraction of sp³-hybridized carbons (Fsp3) is 0.571. The smallest absolute Gasteiger partial charge is 0.242 e. The van der Waals surface area contributed by atoms with Crippen molar-refractivity contribution in [1.82, 2.24) is 14.4 Å². The molecule has 4 nitrogen and oxygen atoms in total. The monoisotopic (exact) mass is 339 g/mol. The van der Waals surface area contributed by atoms with Crippen LogP contribution < -0.4 is 0 Å². The maximum Gasteiger partial charge on any atom is 0.242 e. The zero-order valence-corrected chi connectivity index (χ0v) is 15.2. The first-order valence-corrected chi connectivity index (χ1v) is 9.77. The molecule has 1 aromatic heterocycles. The minimum absolute atomic E-state index is 0.234. The molecule has 0 bridgehead atoms. The molecule has 2 heterocycles. The molecular formula is C21H29N3O. The molecule has 1 aliphatic heterocycles. The van der Waals surface area contributed by atoms with Gasteiger partial charge in [0.15, 0.2) is 0 Å². The lowest BCUT2D eigenvalue weighted by molar-refractivity contribution is -0.134. The molecule has 0 radical (unpaired) electrons. The van der Waals surface area contributed by atoms with Crippen molar-refractivity contribution in [1.29, 1.82) is 0 Å². The Morgan fingerprint density at radius 2 is 1.84 bits per heavy atom. The van der Waals surface area contributed by atoms with Gasteiger partial charge in [-0.2, -0.15) is 0 Å². The van der Waals surface area contributed by atoms with Gasteiger partial charge in [-0.25, -0.2) is 0 Å². The minimum Gasteiger partial charge on any atom is -0.340 e. The molecule has 0 spiro atoms. The molecule has 25 heavy (non-hydrogen) atoms. The third-order valence-corrected chi connectivity index (χ3v) is 6.18. The molecule has 2 fully saturated rings. The minimum atomic E-state index is 0.234. The van der Waals surface area contributed by atoms with E-state index in [2.05, 4.69) is 32.6 Å². The molecule has 4 rings (SSSR count). The molecule has 0 unspecified atom stereocenters. The van der Waals surface area contributed by atoms with Crippen molar-refractivity contribution in [2.45, 2.75) is 57.2 Å². The van der Waals surface area contributed by atoms with E-state index in [4.69, 9.17) is 0 Å². The normalized spacial score (nSPS) is 24.7. The Morgan fingerprint density at radius 1 is 1.08 bits per heavy atom. The Balaban J connectivity index is 1.48. The van der Waals surface area contributed by atoms with Gasteiger partial charge in [-0.3, -0.25) is 9.69 Å². The van der Waals surface area contributed by atoms with Gasteiger partial charge in [0.25, 0.3) is 0 Å². The summed E-state index contributed by atoms with van der Waals surface area (Å²) in [5.74, 6) is 0.234. The third-order valence-electron chi connectivity index (χ3n) is 6.18. The van der Waals surface area contributed by atoms with E-state index in [1.807, 2.05) is 25.4 Å². The molecule has 1 amide bonds. The average molecular weight is 339 g/mol. The number of fused-ring (bicyclic) bond motifs is 1. The number of likely N-dealkylation sites (tertiary alicyclic amines) is 1. The van der Waals surface area contributed by atoms with E-state index in [0.717, 1.165) is 11.9 Å². The highest BCUT2D eigenvalue weighted by atomic mass is 16.2. The number of carbonyl (C=O) groups excluding carboxylic acids is 1. The number of likely N-dealkylation sites (N-methyl/N-ethyl adjacent to an activating group) is 1. The summed E-state index contributed by atoms with van der Waals surface area (Å²) in [5.41, 5.74) is 1.14. The lowest BCUT2D eigenvalue weighted by atomic mass is 9.88. The van der Waals surface area contributed by atoms with Gasteiger partial charge >= 0.3 is 0 Å². The summed E-state index contributed by atoms with van der Waals surface area (Å²) < 4.78 is 2.09. The predicted octanol–water partition coefficient (Wildman–Crippen LogP) is 3.51. The number of hydrogen-bond donors (Lipinski definition) is 0. The van der Waals surface area contributed by atoms with E-state index < -0.39 is 0 Å². The second-order valence-corrected chi connectivity index (χ2v) is 7.67. The van der Waals surface area contributed by atoms with Gasteiger partial charge in [0.05, 0.1) is 0 Å². The molecular weight excluding hydrogens is 310 g/mol. The SMILES string of the molecule is CN(C(=O)Cn1ccc2ccccc21)[C@@H]1CCCC[C@H]1N1CCCC1. The van der Waals surface area contributed by atoms with Crippen LogP contribution in [0.4, 0.5) is 0 Å². The van der Waals surface area contributed by atoms with Gasteiger partial charge in [0, 0.05) is 30.8 Å². The van der Waals surface area contributed by atoms with Crippen molar-refractivity contribution < 1.29 is 4.79 Å². The molecule has 2 aliphatic rings. The second kappa shape index (κ2) is 7.20. The fourth-order valence-electron chi connectivity index (χ4n) is 4.76. The number of hydrogen-bond acceptors (Lipinski definition) is 2. The van der Waals surface area contributed by atoms with Crippen LogP contribution in [0, 0.1) is 0 Å². The molecule has 1 aromatic carbocycles. The van der Waals surface area contributed by atoms with Crippen LogP contribution >= 0.6 is 0 Å². The Hall–Kier alpha value is -1.81. The van der Waals surface area contributed by atoms with E-state index >= 15 is 0 Å². The summed E-state index contributed by atoms with van der Waals surface area (Å²) in [7, 11) is 2.02. The van der Waals surface area contributed by atoms with E-state index in [1.165, 1.54) is 50.6 Å². The number of para-hydroxylation sites is 1. The lowest BCUT2D eigenvalue weighted by Crippen LogP contribution is -2.53. The van der Waals surface area contributed by atoms with E-state index in [0.29, 0.717) is 18.6 Å². The van der Waals surface area contributed by atoms with Gasteiger partial charge < -0.3 is 9.47 Å². The number of rotatable bonds is 4. The van der Waals surface area contributed by atoms with Gasteiger partial charge in [-0.1, -0.05) is 31.0 Å². The summed E-state index contributed by atoms with van der Waals surface area (Å²) in [5, 5.41) is 1.20. The van der Waals surface area contributed by atoms with Gasteiger partial charge in [-0.15, -0.1) is 0 Å². The van der Waals surface area contributed by atoms with Crippen molar-refractivity contribution in [3.63, 3.8) is 0 Å². The first kappa shape index (κ1) is 16.6. The van der Waals surface area contributed by atoms with Crippen molar-refractivity contribution in [2.24, 2.45) is 0 Å². The lowest BCUT2D eigenvalue weighted by Gasteiger charge is -2.42. The van der Waals surface area contributed by atoms with Crippen LogP contribution in [0.25, 0.3) is 10.9 Å². The molecule has 0 N–H and O–H groups in total. The number of amides is 1. The summed E-state index contributed by atoms with van der Waals surface area (Å²) >= 11 is 0. The van der Waals surface area contributed by atoms with Crippen LogP contribution in [-0.4, -0.2) is 52.5 Å². The van der Waals surface area contributed by atoms with E-state index in [1.54, 1.807) is 0 Å². The zero-order chi connectivity index (χ0) is 17.2. The van der Waals surface area contributed by atoms with Crippen LogP contribution in [0.15, 0.2) is 36.5 Å². The Kier molecular flexibility index (Phi) is 4.80. The van der Waals surface area contributed by atoms with Crippen molar-refractivity contribution in [3.8, 4) is 0 Å². The summed E-state index contributed by atoms with van der Waals surface area (Å²) in [6.07, 6.45) is 9.62. The number of benzene rings is 1. The first-order valence-electron chi connectivity index (χ1n) is 9.77. The average Bonchev–Trinajstić information content (AvgIpc) is 3.32. The maximum absolute atomic E-state index is 13.0. The Bertz CT molecular complexity index is 732. The highest BCUT2D eigenvalue weighted by Gasteiger charge is 2.35. The molecule has 2 atom stereocenters. The summed E-state index contributed by atoms with van der Waals surface area (Å²) in [6.45, 7) is 2.87. The Morgan fingerprint density at radius 3 is 2.68 bits per heavy atom. The van der Waals surface area contributed by atoms with E-state index in [9.17, 15) is 4.79 Å². The molecule has 4 heteroatoms. The van der Waals surface area contributed by atoms with Crippen LogP contribution in [0.2, 0.25) is 0 Å². The van der Waals surface area contributed by atoms with Gasteiger partial charge in [-0.05, 0) is 56.3 Å². The Labute approximate surface area is 150 Å². The highest BCUT2D eigenvalue weighted by molar-refractivity contribution is 5.83. The molecule has 1 saturated carbocycles. The largest absolute Gasteiger partial charge is 0.340 e. The molecule has 2 aromatic rings. The zero-order valence-electron chi connectivity index (χ0n) is 15.2. The van der Waals surface area contributed by atoms with Crippen LogP contribution in [0.3, 0.4) is 0 Å². The molecule has 1 aliphatic carbocycles. The number of carbonyl (C=O) groups is 1. The second-order valence-electron chi connectivity index (χ2n) is 7.67. The first-order chi connectivity index (χ1) is 12.2. The number of nitrogens with zero attached hydrogens (tertiary/aromatic N) is 3. The summed E-state index contributed by atoms with van der Waals surface area (Å²) in [4.78, 5) is 17.7. The van der Waals surface area contributed by atoms with Gasteiger partial charge in [0.1, 0.15) is 6.54 Å². The van der Waals surface area contributed by atoms with Crippen LogP contribution in [0.5, 0.6) is 0 Å². The highest BCUT2D eigenvalue weighted by Crippen LogP contribution is 2.29. The summed E-state index contributed by atoms with van der Waals surface area (Å²) in [6, 6.07) is 11.3. The standard InChI is InChI=1S/C21H29N3O/c1-22(19-10-4-5-11-20(19)23-13-6-7-14-23)21(25)16-24-15-12-17-8-2-3-9-18(17)24/h2-3,8-9,12,15,19-20H,4-7,10-11,13-14,16H2,1H3/t19-,20-/m1/s1. The van der Waals surface area contributed by atoms with Crippen LogP contribution in [0.1, 0.15) is 38.5 Å². The number of aromatic nitrogens is 1. The van der Waals surface area contributed by atoms with Gasteiger partial charge in [0.2, 0.25) is 5.91 Å².